The van der Waals surface area contributed by atoms with Crippen LogP contribution < -0.4 is 5.32 Å². The van der Waals surface area contributed by atoms with Gasteiger partial charge in [0.25, 0.3) is 0 Å². The molecule has 0 aliphatic rings. The van der Waals surface area contributed by atoms with E-state index in [1.54, 1.807) is 19.5 Å². The molecule has 0 saturated heterocycles. The zero-order valence-electron chi connectivity index (χ0n) is 16.0. The predicted octanol–water partition coefficient (Wildman–Crippen LogP) is 3.09. The molecule has 0 aliphatic carbocycles. The van der Waals surface area contributed by atoms with Crippen LogP contribution in [0.25, 0.3) is 11.4 Å². The van der Waals surface area contributed by atoms with Gasteiger partial charge in [-0.05, 0) is 36.2 Å². The van der Waals surface area contributed by atoms with Crippen LogP contribution in [-0.4, -0.2) is 51.7 Å². The van der Waals surface area contributed by atoms with Crippen molar-refractivity contribution in [2.24, 2.45) is 0 Å². The molecule has 0 bridgehead atoms. The van der Waals surface area contributed by atoms with Crippen LogP contribution in [0.1, 0.15) is 5.56 Å². The highest BCUT2D eigenvalue weighted by atomic mass is 35.5. The number of thioether (sulfide) groups is 1. The molecule has 9 heteroatoms. The van der Waals surface area contributed by atoms with Gasteiger partial charge in [-0.15, -0.1) is 10.2 Å². The van der Waals surface area contributed by atoms with Crippen molar-refractivity contribution in [3.8, 4) is 11.4 Å². The molecule has 2 heterocycles. The summed E-state index contributed by atoms with van der Waals surface area (Å²) in [6, 6.07) is 11.4. The molecule has 3 rings (SSSR count). The maximum absolute atomic E-state index is 12.2. The second-order valence-corrected chi connectivity index (χ2v) is 7.58. The Labute approximate surface area is 178 Å². The van der Waals surface area contributed by atoms with Gasteiger partial charge in [-0.1, -0.05) is 35.5 Å². The summed E-state index contributed by atoms with van der Waals surface area (Å²) < 4.78 is 7.16. The van der Waals surface area contributed by atoms with E-state index in [4.69, 9.17) is 16.3 Å². The number of methoxy groups -OCH3 is 1. The minimum Gasteiger partial charge on any atom is -0.383 e. The number of pyridine rings is 1. The summed E-state index contributed by atoms with van der Waals surface area (Å²) in [6.45, 7) is 1.67. The second-order valence-electron chi connectivity index (χ2n) is 6.21. The van der Waals surface area contributed by atoms with Gasteiger partial charge in [0, 0.05) is 36.6 Å². The van der Waals surface area contributed by atoms with E-state index < -0.39 is 0 Å². The van der Waals surface area contributed by atoms with Crippen LogP contribution in [0.5, 0.6) is 0 Å². The first-order chi connectivity index (χ1) is 14.2. The summed E-state index contributed by atoms with van der Waals surface area (Å²) in [4.78, 5) is 16.3. The minimum absolute atomic E-state index is 0.0521. The summed E-state index contributed by atoms with van der Waals surface area (Å²) in [5.41, 5.74) is 2.01. The molecular formula is C20H22ClN5O2S. The average molecular weight is 432 g/mol. The number of nitrogens with zero attached hydrogens (tertiary/aromatic N) is 4. The van der Waals surface area contributed by atoms with Crippen molar-refractivity contribution in [2.45, 2.75) is 18.1 Å². The monoisotopic (exact) mass is 431 g/mol. The lowest BCUT2D eigenvalue weighted by molar-refractivity contribution is -0.118. The molecule has 29 heavy (non-hydrogen) atoms. The standard InChI is InChI=1S/C20H22ClN5O2S/c1-28-12-11-26-19(16-6-8-22-9-7-16)24-25-20(26)29-14-18(27)23-10-5-15-3-2-4-17(21)13-15/h2-4,6-9,13H,5,10-12,14H2,1H3,(H,23,27). The SMILES string of the molecule is COCCn1c(SCC(=O)NCCc2cccc(Cl)c2)nnc1-c1ccncc1. The zero-order valence-corrected chi connectivity index (χ0v) is 17.6. The molecule has 0 aliphatic heterocycles. The van der Waals surface area contributed by atoms with E-state index in [1.165, 1.54) is 11.8 Å². The van der Waals surface area contributed by atoms with Gasteiger partial charge in [0.2, 0.25) is 5.91 Å². The Morgan fingerprint density at radius 1 is 1.24 bits per heavy atom. The van der Waals surface area contributed by atoms with Crippen molar-refractivity contribution in [3.63, 3.8) is 0 Å². The summed E-state index contributed by atoms with van der Waals surface area (Å²) in [5.74, 6) is 0.939. The average Bonchev–Trinajstić information content (AvgIpc) is 3.14. The summed E-state index contributed by atoms with van der Waals surface area (Å²) in [7, 11) is 1.65. The number of hydrogen-bond donors (Lipinski definition) is 1. The van der Waals surface area contributed by atoms with Gasteiger partial charge in [-0.25, -0.2) is 0 Å². The third kappa shape index (κ3) is 6.28. The number of carbonyl (C=O) groups excluding carboxylic acids is 1. The molecule has 7 nitrogen and oxygen atoms in total. The largest absolute Gasteiger partial charge is 0.383 e. The Morgan fingerprint density at radius 2 is 2.07 bits per heavy atom. The molecule has 0 saturated carbocycles. The van der Waals surface area contributed by atoms with E-state index in [0.717, 1.165) is 23.4 Å². The zero-order chi connectivity index (χ0) is 20.5. The molecular weight excluding hydrogens is 410 g/mol. The predicted molar refractivity (Wildman–Crippen MR) is 114 cm³/mol. The van der Waals surface area contributed by atoms with Crippen LogP contribution >= 0.6 is 23.4 Å². The molecule has 2 aromatic heterocycles. The van der Waals surface area contributed by atoms with E-state index in [1.807, 2.05) is 41.0 Å². The van der Waals surface area contributed by atoms with Crippen LogP contribution in [0, 0.1) is 0 Å². The fraction of sp³-hybridized carbons (Fsp3) is 0.300. The summed E-state index contributed by atoms with van der Waals surface area (Å²) in [5, 5.41) is 12.9. The number of rotatable bonds is 10. The van der Waals surface area contributed by atoms with Gasteiger partial charge in [0.1, 0.15) is 0 Å². The molecule has 1 N–H and O–H groups in total. The Bertz CT molecular complexity index is 936. The first kappa shape index (κ1) is 21.3. The van der Waals surface area contributed by atoms with Crippen LogP contribution in [-0.2, 0) is 22.5 Å². The highest BCUT2D eigenvalue weighted by Gasteiger charge is 2.15. The topological polar surface area (TPSA) is 81.9 Å². The maximum atomic E-state index is 12.2. The lowest BCUT2D eigenvalue weighted by Crippen LogP contribution is -2.27. The number of hydrogen-bond acceptors (Lipinski definition) is 6. The smallest absolute Gasteiger partial charge is 0.230 e. The van der Waals surface area contributed by atoms with Gasteiger partial charge in [-0.3, -0.25) is 14.3 Å². The van der Waals surface area contributed by atoms with Gasteiger partial charge in [0.05, 0.1) is 18.9 Å². The number of benzene rings is 1. The minimum atomic E-state index is -0.0521. The molecule has 3 aromatic rings. The van der Waals surface area contributed by atoms with Crippen LogP contribution in [0.2, 0.25) is 5.02 Å². The maximum Gasteiger partial charge on any atom is 0.230 e. The van der Waals surface area contributed by atoms with Gasteiger partial charge < -0.3 is 10.1 Å². The number of nitrogens with one attached hydrogen (secondary N) is 1. The fourth-order valence-corrected chi connectivity index (χ4v) is 3.72. The van der Waals surface area contributed by atoms with Crippen LogP contribution in [0.4, 0.5) is 0 Å². The highest BCUT2D eigenvalue weighted by molar-refractivity contribution is 7.99. The van der Waals surface area contributed by atoms with E-state index in [-0.39, 0.29) is 11.7 Å². The normalized spacial score (nSPS) is 10.8. The first-order valence-corrected chi connectivity index (χ1v) is 10.5. The van der Waals surface area contributed by atoms with Crippen molar-refractivity contribution in [1.29, 1.82) is 0 Å². The van der Waals surface area contributed by atoms with E-state index in [2.05, 4.69) is 20.5 Å². The molecule has 0 atom stereocenters. The van der Waals surface area contributed by atoms with Gasteiger partial charge >= 0.3 is 0 Å². The molecule has 1 amide bonds. The molecule has 0 unspecified atom stereocenters. The van der Waals surface area contributed by atoms with Gasteiger partial charge in [0.15, 0.2) is 11.0 Å². The summed E-state index contributed by atoms with van der Waals surface area (Å²) in [6.07, 6.45) is 4.16. The Hall–Kier alpha value is -2.42. The van der Waals surface area contributed by atoms with E-state index >= 15 is 0 Å². The third-order valence-electron chi connectivity index (χ3n) is 4.13. The number of aromatic nitrogens is 4. The van der Waals surface area contributed by atoms with Crippen molar-refractivity contribution >= 4 is 29.3 Å². The number of halogens is 1. The molecule has 0 spiro atoms. The van der Waals surface area contributed by atoms with Crippen molar-refractivity contribution in [3.05, 3.63) is 59.4 Å². The van der Waals surface area contributed by atoms with Crippen LogP contribution in [0.3, 0.4) is 0 Å². The number of amides is 1. The lowest BCUT2D eigenvalue weighted by atomic mass is 10.1. The van der Waals surface area contributed by atoms with Crippen molar-refractivity contribution in [1.82, 2.24) is 25.1 Å². The van der Waals surface area contributed by atoms with E-state index in [0.29, 0.717) is 29.9 Å². The molecule has 152 valence electrons. The highest BCUT2D eigenvalue weighted by Crippen LogP contribution is 2.23. The Balaban J connectivity index is 1.56. The Morgan fingerprint density at radius 3 is 2.83 bits per heavy atom. The first-order valence-electron chi connectivity index (χ1n) is 9.14. The number of ether oxygens (including phenoxy) is 1. The van der Waals surface area contributed by atoms with Crippen molar-refractivity contribution < 1.29 is 9.53 Å². The Kier molecular flexibility index (Phi) is 8.03. The van der Waals surface area contributed by atoms with E-state index in [9.17, 15) is 4.79 Å². The molecule has 0 fully saturated rings. The second kappa shape index (κ2) is 10.9. The van der Waals surface area contributed by atoms with Crippen LogP contribution in [0.15, 0.2) is 53.9 Å². The lowest BCUT2D eigenvalue weighted by Gasteiger charge is -2.10. The quantitative estimate of drug-likeness (QED) is 0.497. The fourth-order valence-electron chi connectivity index (χ4n) is 2.71. The van der Waals surface area contributed by atoms with Crippen molar-refractivity contribution in [2.75, 3.05) is 26.0 Å². The molecule has 0 radical (unpaired) electrons. The third-order valence-corrected chi connectivity index (χ3v) is 5.33. The molecule has 1 aromatic carbocycles. The summed E-state index contributed by atoms with van der Waals surface area (Å²) >= 11 is 7.34. The van der Waals surface area contributed by atoms with Gasteiger partial charge in [-0.2, -0.15) is 0 Å². The number of carbonyl (C=O) groups is 1.